The lowest BCUT2D eigenvalue weighted by atomic mass is 9.77. The van der Waals surface area contributed by atoms with Crippen LogP contribution in [-0.2, 0) is 22.4 Å². The molecule has 1 heterocycles. The molecule has 2 N–H and O–H groups in total. The Morgan fingerprint density at radius 3 is 2.24 bits per heavy atom. The fourth-order valence-electron chi connectivity index (χ4n) is 2.23. The number of nitrogens with two attached hydrogens (primary N) is 1. The summed E-state index contributed by atoms with van der Waals surface area (Å²) < 4.78 is 12.1. The number of nitrogens with zero attached hydrogens (tertiary/aromatic N) is 3. The molecule has 0 saturated carbocycles. The molecule has 21 heavy (non-hydrogen) atoms. The molecular formula is C14H21BN4O2. The van der Waals surface area contributed by atoms with E-state index in [9.17, 15) is 0 Å². The second-order valence-electron chi connectivity index (χ2n) is 6.26. The number of rotatable bonds is 4. The predicted octanol–water partition coefficient (Wildman–Crippen LogP) is 2.25. The van der Waals surface area contributed by atoms with Crippen LogP contribution in [0.5, 0.6) is 0 Å². The minimum Gasteiger partial charge on any atom is -0.399 e. The van der Waals surface area contributed by atoms with Crippen LogP contribution in [0, 0.1) is 0 Å². The van der Waals surface area contributed by atoms with Gasteiger partial charge in [0, 0.05) is 11.5 Å². The monoisotopic (exact) mass is 288 g/mol. The van der Waals surface area contributed by atoms with Gasteiger partial charge in [0.1, 0.15) is 0 Å². The largest absolute Gasteiger partial charge is 0.494 e. The van der Waals surface area contributed by atoms with Gasteiger partial charge in [-0.3, -0.25) is 0 Å². The number of hydrogen-bond acceptors (Lipinski definition) is 4. The molecule has 2 rings (SSSR count). The molecule has 1 aliphatic rings. The van der Waals surface area contributed by atoms with Crippen molar-refractivity contribution < 1.29 is 9.31 Å². The molecule has 1 aromatic rings. The summed E-state index contributed by atoms with van der Waals surface area (Å²) in [6.07, 6.45) is 0. The van der Waals surface area contributed by atoms with E-state index < -0.39 is 7.12 Å². The second kappa shape index (κ2) is 5.69. The molecular weight excluding hydrogens is 267 g/mol. The molecule has 1 aromatic carbocycles. The van der Waals surface area contributed by atoms with Crippen LogP contribution in [0.15, 0.2) is 23.3 Å². The molecule has 0 atom stereocenters. The van der Waals surface area contributed by atoms with E-state index in [1.54, 1.807) is 0 Å². The molecule has 1 fully saturated rings. The average molecular weight is 288 g/mol. The Bertz CT molecular complexity index is 566. The number of azide groups is 1. The molecule has 0 aromatic heterocycles. The zero-order valence-electron chi connectivity index (χ0n) is 13.0. The van der Waals surface area contributed by atoms with E-state index >= 15 is 0 Å². The van der Waals surface area contributed by atoms with Crippen LogP contribution >= 0.6 is 0 Å². The first-order valence-electron chi connectivity index (χ1n) is 6.98. The maximum absolute atomic E-state index is 8.46. The maximum atomic E-state index is 8.46. The highest BCUT2D eigenvalue weighted by molar-refractivity contribution is 6.62. The highest BCUT2D eigenvalue weighted by Crippen LogP contribution is 2.36. The third-order valence-corrected chi connectivity index (χ3v) is 4.15. The average Bonchev–Trinajstić information content (AvgIpc) is 2.65. The van der Waals surface area contributed by atoms with Crippen molar-refractivity contribution in [1.82, 2.24) is 0 Å². The Labute approximate surface area is 125 Å². The smallest absolute Gasteiger partial charge is 0.399 e. The first kappa shape index (κ1) is 15.9. The highest BCUT2D eigenvalue weighted by atomic mass is 16.7. The van der Waals surface area contributed by atoms with Crippen molar-refractivity contribution in [3.8, 4) is 0 Å². The fourth-order valence-corrected chi connectivity index (χ4v) is 2.23. The molecule has 0 aliphatic carbocycles. The molecule has 0 amide bonds. The summed E-state index contributed by atoms with van der Waals surface area (Å²) in [6.45, 7) is 8.76. The third kappa shape index (κ3) is 3.22. The minimum absolute atomic E-state index is 0.289. The molecule has 7 heteroatoms. The van der Waals surface area contributed by atoms with Gasteiger partial charge in [-0.05, 0) is 49.8 Å². The third-order valence-electron chi connectivity index (χ3n) is 4.15. The van der Waals surface area contributed by atoms with Gasteiger partial charge < -0.3 is 15.0 Å². The van der Waals surface area contributed by atoms with Gasteiger partial charge >= 0.3 is 7.12 Å². The van der Waals surface area contributed by atoms with Gasteiger partial charge in [0.15, 0.2) is 0 Å². The Morgan fingerprint density at radius 2 is 1.71 bits per heavy atom. The van der Waals surface area contributed by atoms with E-state index in [0.29, 0.717) is 6.54 Å². The second-order valence-corrected chi connectivity index (χ2v) is 6.26. The van der Waals surface area contributed by atoms with Crippen molar-refractivity contribution in [1.29, 1.82) is 0 Å². The summed E-state index contributed by atoms with van der Waals surface area (Å²) in [7, 11) is -0.439. The van der Waals surface area contributed by atoms with Crippen molar-refractivity contribution in [2.75, 3.05) is 0 Å². The minimum atomic E-state index is -0.439. The van der Waals surface area contributed by atoms with Gasteiger partial charge in [-0.15, -0.1) is 0 Å². The molecule has 0 unspecified atom stereocenters. The topological polar surface area (TPSA) is 93.2 Å². The normalized spacial score (nSPS) is 19.4. The van der Waals surface area contributed by atoms with Crippen molar-refractivity contribution in [2.24, 2.45) is 10.8 Å². The predicted molar refractivity (Wildman–Crippen MR) is 82.9 cm³/mol. The zero-order chi connectivity index (χ0) is 15.7. The van der Waals surface area contributed by atoms with Gasteiger partial charge in [-0.1, -0.05) is 23.3 Å². The van der Waals surface area contributed by atoms with Crippen LogP contribution in [0.25, 0.3) is 10.4 Å². The van der Waals surface area contributed by atoms with Crippen LogP contribution in [0.2, 0.25) is 0 Å². The maximum Gasteiger partial charge on any atom is 0.494 e. The van der Waals surface area contributed by atoms with E-state index in [0.717, 1.165) is 16.6 Å². The van der Waals surface area contributed by atoms with Gasteiger partial charge in [-0.2, -0.15) is 0 Å². The molecule has 0 bridgehead atoms. The highest BCUT2D eigenvalue weighted by Gasteiger charge is 2.51. The van der Waals surface area contributed by atoms with E-state index in [4.69, 9.17) is 20.6 Å². The standard InChI is InChI=1S/C14H21BN4O2/c1-13(2)14(3,4)21-15(20-13)12-6-10(8-16)5-11(7-12)9-18-19-17/h5-7H,8-9,16H2,1-4H3. The van der Waals surface area contributed by atoms with Crippen LogP contribution < -0.4 is 11.2 Å². The van der Waals surface area contributed by atoms with E-state index in [1.165, 1.54) is 0 Å². The summed E-state index contributed by atoms with van der Waals surface area (Å²) in [5.41, 5.74) is 16.2. The van der Waals surface area contributed by atoms with Crippen molar-refractivity contribution in [3.63, 3.8) is 0 Å². The van der Waals surface area contributed by atoms with Gasteiger partial charge in [-0.25, -0.2) is 0 Å². The quantitative estimate of drug-likeness (QED) is 0.398. The summed E-state index contributed by atoms with van der Waals surface area (Å²) in [6, 6.07) is 5.85. The molecule has 0 radical (unpaired) electrons. The van der Waals surface area contributed by atoms with Crippen molar-refractivity contribution in [2.45, 2.75) is 52.0 Å². The van der Waals surface area contributed by atoms with Crippen molar-refractivity contribution in [3.05, 3.63) is 39.8 Å². The lowest BCUT2D eigenvalue weighted by molar-refractivity contribution is 0.00578. The van der Waals surface area contributed by atoms with Crippen LogP contribution in [0.3, 0.4) is 0 Å². The van der Waals surface area contributed by atoms with Crippen LogP contribution in [0.4, 0.5) is 0 Å². The van der Waals surface area contributed by atoms with E-state index in [1.807, 2.05) is 45.9 Å². The van der Waals surface area contributed by atoms with Crippen molar-refractivity contribution >= 4 is 12.6 Å². The summed E-state index contributed by atoms with van der Waals surface area (Å²) in [5, 5.41) is 3.60. The molecule has 1 aliphatic heterocycles. The Kier molecular flexibility index (Phi) is 4.30. The summed E-state index contributed by atoms with van der Waals surface area (Å²) in [5.74, 6) is 0. The van der Waals surface area contributed by atoms with E-state index in [2.05, 4.69) is 10.0 Å². The molecule has 1 saturated heterocycles. The van der Waals surface area contributed by atoms with Crippen LogP contribution in [-0.4, -0.2) is 18.3 Å². The lowest BCUT2D eigenvalue weighted by Gasteiger charge is -2.32. The summed E-state index contributed by atoms with van der Waals surface area (Å²) >= 11 is 0. The van der Waals surface area contributed by atoms with E-state index in [-0.39, 0.29) is 17.7 Å². The molecule has 0 spiro atoms. The van der Waals surface area contributed by atoms with Crippen LogP contribution in [0.1, 0.15) is 38.8 Å². The summed E-state index contributed by atoms with van der Waals surface area (Å²) in [4.78, 5) is 2.79. The number of benzene rings is 1. The first-order valence-corrected chi connectivity index (χ1v) is 6.98. The van der Waals surface area contributed by atoms with Gasteiger partial charge in [0.25, 0.3) is 0 Å². The SMILES string of the molecule is CC1(C)OB(c2cc(CN)cc(CN=[N+]=[N-])c2)OC1(C)C. The Morgan fingerprint density at radius 1 is 1.14 bits per heavy atom. The zero-order valence-corrected chi connectivity index (χ0v) is 13.0. The molecule has 112 valence electrons. The van der Waals surface area contributed by atoms with Gasteiger partial charge in [0.2, 0.25) is 0 Å². The first-order chi connectivity index (χ1) is 9.79. The fraction of sp³-hybridized carbons (Fsp3) is 0.571. The van der Waals surface area contributed by atoms with Gasteiger partial charge in [0.05, 0.1) is 17.7 Å². The Balaban J connectivity index is 2.34. The lowest BCUT2D eigenvalue weighted by Crippen LogP contribution is -2.41. The molecule has 6 nitrogen and oxygen atoms in total. The Hall–Kier alpha value is -1.53. The number of hydrogen-bond donors (Lipinski definition) is 1.